The summed E-state index contributed by atoms with van der Waals surface area (Å²) < 4.78 is 43.7. The van der Waals surface area contributed by atoms with E-state index in [1.807, 2.05) is 0 Å². The molecule has 2 heterocycles. The lowest BCUT2D eigenvalue weighted by atomic mass is 9.96. The molecule has 3 rings (SSSR count). The van der Waals surface area contributed by atoms with E-state index in [0.717, 1.165) is 12.1 Å². The van der Waals surface area contributed by atoms with Crippen molar-refractivity contribution >= 4 is 28.3 Å². The predicted octanol–water partition coefficient (Wildman–Crippen LogP) is 5.19. The van der Waals surface area contributed by atoms with Crippen molar-refractivity contribution in [3.63, 3.8) is 0 Å². The first-order chi connectivity index (χ1) is 14.6. The molecule has 1 atom stereocenters. The summed E-state index contributed by atoms with van der Waals surface area (Å²) in [6.07, 6.45) is -4.29. The Bertz CT molecular complexity index is 1060. The summed E-state index contributed by atoms with van der Waals surface area (Å²) in [5.41, 5.74) is 0.469. The number of aromatic nitrogens is 1. The highest BCUT2D eigenvalue weighted by molar-refractivity contribution is 7.14. The van der Waals surface area contributed by atoms with E-state index in [4.69, 9.17) is 4.42 Å². The van der Waals surface area contributed by atoms with Gasteiger partial charge in [-0.25, -0.2) is 4.98 Å². The van der Waals surface area contributed by atoms with Gasteiger partial charge in [0.15, 0.2) is 10.9 Å². The first-order valence-corrected chi connectivity index (χ1v) is 10.3. The van der Waals surface area contributed by atoms with Crippen molar-refractivity contribution in [2.45, 2.75) is 38.9 Å². The minimum absolute atomic E-state index is 0.0991. The molecule has 0 saturated heterocycles. The van der Waals surface area contributed by atoms with E-state index in [1.165, 1.54) is 30.4 Å². The van der Waals surface area contributed by atoms with Crippen LogP contribution in [0, 0.1) is 0 Å². The van der Waals surface area contributed by atoms with Crippen molar-refractivity contribution in [2.75, 3.05) is 5.32 Å². The Morgan fingerprint density at radius 3 is 2.52 bits per heavy atom. The molecule has 0 fully saturated rings. The smallest absolute Gasteiger partial charge is 0.416 e. The number of benzene rings is 1. The second-order valence-electron chi connectivity index (χ2n) is 6.99. The van der Waals surface area contributed by atoms with Crippen LogP contribution in [0.2, 0.25) is 0 Å². The topological polar surface area (TPSA) is 84.2 Å². The summed E-state index contributed by atoms with van der Waals surface area (Å²) in [6.45, 7) is 3.46. The highest BCUT2D eigenvalue weighted by Crippen LogP contribution is 2.31. The molecule has 0 bridgehead atoms. The molecule has 6 nitrogen and oxygen atoms in total. The molecule has 0 aliphatic heterocycles. The number of thiazole rings is 1. The van der Waals surface area contributed by atoms with Crippen LogP contribution in [0.4, 0.5) is 18.3 Å². The van der Waals surface area contributed by atoms with E-state index in [9.17, 15) is 22.8 Å². The molecule has 2 amide bonds. The minimum Gasteiger partial charge on any atom is -0.458 e. The maximum absolute atomic E-state index is 12.7. The van der Waals surface area contributed by atoms with Crippen LogP contribution in [0.3, 0.4) is 0 Å². The zero-order chi connectivity index (χ0) is 22.6. The molecular weight excluding hydrogens is 431 g/mol. The van der Waals surface area contributed by atoms with E-state index >= 15 is 0 Å². The summed E-state index contributed by atoms with van der Waals surface area (Å²) in [7, 11) is 0. The Kier molecular flexibility index (Phi) is 6.79. The zero-order valence-electron chi connectivity index (χ0n) is 16.7. The molecule has 0 spiro atoms. The third kappa shape index (κ3) is 6.17. The van der Waals surface area contributed by atoms with Crippen LogP contribution < -0.4 is 10.6 Å². The van der Waals surface area contributed by atoms with E-state index in [0.29, 0.717) is 27.9 Å². The molecular formula is C21H20F3N3O3S. The molecule has 2 aromatic heterocycles. The molecule has 0 radical (unpaired) electrons. The number of carbonyl (C=O) groups excluding carboxylic acids is 2. The number of nitrogens with zero attached hydrogens (tertiary/aromatic N) is 1. The molecule has 0 aliphatic rings. The summed E-state index contributed by atoms with van der Waals surface area (Å²) >= 11 is 1.23. The van der Waals surface area contributed by atoms with Gasteiger partial charge < -0.3 is 15.1 Å². The SMILES string of the molecule is CC(=O)NCc1ccc(-c2csc(NC(=O)CC(C)c3ccc(C(F)(F)F)cc3)n2)o1. The average molecular weight is 451 g/mol. The van der Waals surface area contributed by atoms with Crippen LogP contribution in [0.1, 0.15) is 43.1 Å². The van der Waals surface area contributed by atoms with E-state index in [1.54, 1.807) is 24.4 Å². The van der Waals surface area contributed by atoms with Crippen LogP contribution in [-0.4, -0.2) is 16.8 Å². The van der Waals surface area contributed by atoms with Gasteiger partial charge in [-0.15, -0.1) is 11.3 Å². The molecule has 164 valence electrons. The second kappa shape index (κ2) is 9.34. The Labute approximate surface area is 180 Å². The number of hydrogen-bond acceptors (Lipinski definition) is 5. The van der Waals surface area contributed by atoms with Crippen molar-refractivity contribution in [1.82, 2.24) is 10.3 Å². The van der Waals surface area contributed by atoms with E-state index < -0.39 is 11.7 Å². The fourth-order valence-electron chi connectivity index (χ4n) is 2.83. The molecule has 1 unspecified atom stereocenters. The van der Waals surface area contributed by atoms with Crippen molar-refractivity contribution < 1.29 is 27.2 Å². The zero-order valence-corrected chi connectivity index (χ0v) is 17.6. The summed E-state index contributed by atoms with van der Waals surface area (Å²) in [4.78, 5) is 27.6. The number of alkyl halides is 3. The van der Waals surface area contributed by atoms with E-state index in [-0.39, 0.29) is 30.7 Å². The number of rotatable bonds is 7. The lowest BCUT2D eigenvalue weighted by Gasteiger charge is -2.13. The maximum Gasteiger partial charge on any atom is 0.416 e. The molecule has 2 N–H and O–H groups in total. The Hall–Kier alpha value is -3.14. The van der Waals surface area contributed by atoms with Gasteiger partial charge in [-0.2, -0.15) is 13.2 Å². The molecule has 10 heteroatoms. The third-order valence-electron chi connectivity index (χ3n) is 4.47. The van der Waals surface area contributed by atoms with Gasteiger partial charge >= 0.3 is 6.18 Å². The van der Waals surface area contributed by atoms with Crippen molar-refractivity contribution in [3.05, 3.63) is 58.7 Å². The van der Waals surface area contributed by atoms with Gasteiger partial charge in [-0.1, -0.05) is 19.1 Å². The monoisotopic (exact) mass is 451 g/mol. The second-order valence-corrected chi connectivity index (χ2v) is 7.84. The van der Waals surface area contributed by atoms with Gasteiger partial charge in [0.1, 0.15) is 11.5 Å². The van der Waals surface area contributed by atoms with Crippen LogP contribution in [0.5, 0.6) is 0 Å². The number of carbonyl (C=O) groups is 2. The van der Waals surface area contributed by atoms with Crippen LogP contribution in [0.15, 0.2) is 46.2 Å². The van der Waals surface area contributed by atoms with Gasteiger partial charge in [0.2, 0.25) is 11.8 Å². The Morgan fingerprint density at radius 1 is 1.16 bits per heavy atom. The quantitative estimate of drug-likeness (QED) is 0.518. The van der Waals surface area contributed by atoms with E-state index in [2.05, 4.69) is 15.6 Å². The van der Waals surface area contributed by atoms with Crippen LogP contribution >= 0.6 is 11.3 Å². The van der Waals surface area contributed by atoms with Gasteiger partial charge in [0.05, 0.1) is 12.1 Å². The summed E-state index contributed by atoms with van der Waals surface area (Å²) in [5, 5.41) is 7.46. The normalized spacial score (nSPS) is 12.4. The van der Waals surface area contributed by atoms with Crippen molar-refractivity contribution in [3.8, 4) is 11.5 Å². The Balaban J connectivity index is 1.56. The average Bonchev–Trinajstić information content (AvgIpc) is 3.35. The number of anilines is 1. The van der Waals surface area contributed by atoms with Gasteiger partial charge in [0, 0.05) is 18.7 Å². The number of furan rings is 1. The molecule has 0 aliphatic carbocycles. The molecule has 3 aromatic rings. The minimum atomic E-state index is -4.39. The highest BCUT2D eigenvalue weighted by Gasteiger charge is 2.30. The first-order valence-electron chi connectivity index (χ1n) is 9.38. The lowest BCUT2D eigenvalue weighted by molar-refractivity contribution is -0.137. The maximum atomic E-state index is 12.7. The van der Waals surface area contributed by atoms with Crippen molar-refractivity contribution in [1.29, 1.82) is 0 Å². The molecule has 1 aromatic carbocycles. The first kappa shape index (κ1) is 22.5. The molecule has 31 heavy (non-hydrogen) atoms. The highest BCUT2D eigenvalue weighted by atomic mass is 32.1. The number of hydrogen-bond donors (Lipinski definition) is 2. The van der Waals surface area contributed by atoms with Gasteiger partial charge in [-0.3, -0.25) is 9.59 Å². The lowest BCUT2D eigenvalue weighted by Crippen LogP contribution is -2.18. The third-order valence-corrected chi connectivity index (χ3v) is 5.23. The largest absolute Gasteiger partial charge is 0.458 e. The summed E-state index contributed by atoms with van der Waals surface area (Å²) in [5.74, 6) is 0.369. The predicted molar refractivity (Wildman–Crippen MR) is 110 cm³/mol. The fraction of sp³-hybridized carbons (Fsp3) is 0.286. The van der Waals surface area contributed by atoms with Crippen LogP contribution in [-0.2, 0) is 22.3 Å². The van der Waals surface area contributed by atoms with Gasteiger partial charge in [0.25, 0.3) is 0 Å². The summed E-state index contributed by atoms with van der Waals surface area (Å²) in [6, 6.07) is 8.26. The Morgan fingerprint density at radius 2 is 1.87 bits per heavy atom. The number of amides is 2. The molecule has 0 saturated carbocycles. The number of nitrogens with one attached hydrogen (secondary N) is 2. The number of halogens is 3. The standard InChI is InChI=1S/C21H20F3N3O3S/c1-12(14-3-5-15(6-4-14)21(22,23)24)9-19(29)27-20-26-17(11-31-20)18-8-7-16(30-18)10-25-13(2)28/h3-8,11-12H,9-10H2,1-2H3,(H,25,28)(H,26,27,29). The fourth-order valence-corrected chi connectivity index (χ4v) is 3.55. The van der Waals surface area contributed by atoms with Crippen molar-refractivity contribution in [2.24, 2.45) is 0 Å². The van der Waals surface area contributed by atoms with Gasteiger partial charge in [-0.05, 0) is 35.7 Å². The van der Waals surface area contributed by atoms with Crippen LogP contribution in [0.25, 0.3) is 11.5 Å².